The molecule has 0 spiro atoms. The van der Waals surface area contributed by atoms with Gasteiger partial charge >= 0.3 is 0 Å². The molecule has 1 aliphatic rings. The van der Waals surface area contributed by atoms with E-state index in [2.05, 4.69) is 5.32 Å². The van der Waals surface area contributed by atoms with Gasteiger partial charge in [-0.05, 0) is 18.9 Å². The van der Waals surface area contributed by atoms with E-state index >= 15 is 0 Å². The van der Waals surface area contributed by atoms with Gasteiger partial charge in [0.1, 0.15) is 0 Å². The molecule has 4 heteroatoms. The van der Waals surface area contributed by atoms with Gasteiger partial charge < -0.3 is 5.32 Å². The number of hydrogen-bond donors (Lipinski definition) is 1. The van der Waals surface area contributed by atoms with Crippen LogP contribution in [0.1, 0.15) is 32.1 Å². The van der Waals surface area contributed by atoms with Crippen LogP contribution in [0.2, 0.25) is 0 Å². The number of allylic oxidation sites excluding steroid dienone is 1. The molecular formula is C10H14INO2. The van der Waals surface area contributed by atoms with E-state index in [0.717, 1.165) is 12.8 Å². The first-order valence-electron chi connectivity index (χ1n) is 4.86. The zero-order valence-electron chi connectivity index (χ0n) is 7.96. The Morgan fingerprint density at radius 2 is 1.79 bits per heavy atom. The Morgan fingerprint density at radius 3 is 2.36 bits per heavy atom. The third kappa shape index (κ3) is 4.74. The quantitative estimate of drug-likeness (QED) is 0.492. The average molecular weight is 307 g/mol. The maximum atomic E-state index is 11.3. The van der Waals surface area contributed by atoms with Crippen molar-refractivity contribution in [2.24, 2.45) is 0 Å². The van der Waals surface area contributed by atoms with Crippen LogP contribution in [0.5, 0.6) is 0 Å². The molecule has 0 bridgehead atoms. The third-order valence-corrected chi connectivity index (χ3v) is 2.68. The fourth-order valence-corrected chi connectivity index (χ4v) is 1.82. The first-order valence-corrected chi connectivity index (χ1v) is 5.94. The SMILES string of the molecule is O=C(I)/C=C\C(=O)NC1CCCCC1. The highest BCUT2D eigenvalue weighted by atomic mass is 127. The molecule has 0 heterocycles. The van der Waals surface area contributed by atoms with Gasteiger partial charge in [-0.1, -0.05) is 19.3 Å². The van der Waals surface area contributed by atoms with Crippen LogP contribution in [-0.2, 0) is 9.59 Å². The van der Waals surface area contributed by atoms with Crippen LogP contribution in [-0.4, -0.2) is 15.7 Å². The number of rotatable bonds is 3. The first kappa shape index (κ1) is 11.7. The molecule has 0 unspecified atom stereocenters. The normalized spacial score (nSPS) is 18.4. The molecule has 78 valence electrons. The molecule has 0 aromatic carbocycles. The van der Waals surface area contributed by atoms with E-state index < -0.39 is 0 Å². The van der Waals surface area contributed by atoms with Crippen LogP contribution in [0.25, 0.3) is 0 Å². The zero-order chi connectivity index (χ0) is 10.4. The fourth-order valence-electron chi connectivity index (χ4n) is 1.64. The van der Waals surface area contributed by atoms with Gasteiger partial charge in [0.25, 0.3) is 0 Å². The van der Waals surface area contributed by atoms with Crippen LogP contribution in [0, 0.1) is 0 Å². The van der Waals surface area contributed by atoms with Crippen molar-refractivity contribution in [2.75, 3.05) is 0 Å². The van der Waals surface area contributed by atoms with Crippen molar-refractivity contribution in [1.82, 2.24) is 5.32 Å². The lowest BCUT2D eigenvalue weighted by molar-refractivity contribution is -0.117. The standard InChI is InChI=1S/C10H14INO2/c11-9(13)6-7-10(14)12-8-4-2-1-3-5-8/h6-8H,1-5H2,(H,12,14)/b7-6-. The third-order valence-electron chi connectivity index (χ3n) is 2.32. The monoisotopic (exact) mass is 307 g/mol. The van der Waals surface area contributed by atoms with Gasteiger partial charge in [-0.25, -0.2) is 0 Å². The van der Waals surface area contributed by atoms with Crippen molar-refractivity contribution in [3.63, 3.8) is 0 Å². The molecule has 0 radical (unpaired) electrons. The highest BCUT2D eigenvalue weighted by Gasteiger charge is 2.13. The van der Waals surface area contributed by atoms with Gasteiger partial charge in [0.15, 0.2) is 0 Å². The van der Waals surface area contributed by atoms with E-state index in [1.165, 1.54) is 31.4 Å². The molecular weight excluding hydrogens is 293 g/mol. The Hall–Kier alpha value is -0.390. The van der Waals surface area contributed by atoms with Gasteiger partial charge in [0.05, 0.1) is 0 Å². The predicted molar refractivity (Wildman–Crippen MR) is 63.2 cm³/mol. The summed E-state index contributed by atoms with van der Waals surface area (Å²) in [6.45, 7) is 0. The number of amides is 1. The molecule has 0 aromatic heterocycles. The summed E-state index contributed by atoms with van der Waals surface area (Å²) < 4.78 is -0.124. The average Bonchev–Trinajstić information content (AvgIpc) is 2.16. The molecule has 1 rings (SSSR count). The summed E-state index contributed by atoms with van der Waals surface area (Å²) >= 11 is 1.64. The van der Waals surface area contributed by atoms with Crippen molar-refractivity contribution in [1.29, 1.82) is 0 Å². The highest BCUT2D eigenvalue weighted by molar-refractivity contribution is 14.1. The lowest BCUT2D eigenvalue weighted by Gasteiger charge is -2.21. The van der Waals surface area contributed by atoms with Gasteiger partial charge in [-0.15, -0.1) is 0 Å². The summed E-state index contributed by atoms with van der Waals surface area (Å²) in [6.07, 6.45) is 8.39. The Balaban J connectivity index is 2.28. The Labute approximate surface area is 97.5 Å². The van der Waals surface area contributed by atoms with Crippen LogP contribution in [0.4, 0.5) is 0 Å². The molecule has 0 aliphatic heterocycles. The summed E-state index contributed by atoms with van der Waals surface area (Å²) in [6, 6.07) is 0.310. The molecule has 14 heavy (non-hydrogen) atoms. The Morgan fingerprint density at radius 1 is 1.14 bits per heavy atom. The van der Waals surface area contributed by atoms with Crippen LogP contribution in [0.3, 0.4) is 0 Å². The largest absolute Gasteiger partial charge is 0.350 e. The van der Waals surface area contributed by atoms with Crippen molar-refractivity contribution in [3.8, 4) is 0 Å². The lowest BCUT2D eigenvalue weighted by Crippen LogP contribution is -2.35. The second-order valence-electron chi connectivity index (χ2n) is 3.48. The van der Waals surface area contributed by atoms with Gasteiger partial charge in [0, 0.05) is 34.7 Å². The second kappa shape index (κ2) is 6.16. The molecule has 1 fully saturated rings. The molecule has 1 aliphatic carbocycles. The fraction of sp³-hybridized carbons (Fsp3) is 0.600. The van der Waals surface area contributed by atoms with E-state index in [1.54, 1.807) is 22.6 Å². The maximum Gasteiger partial charge on any atom is 0.244 e. The molecule has 3 nitrogen and oxygen atoms in total. The zero-order valence-corrected chi connectivity index (χ0v) is 10.1. The molecule has 0 saturated heterocycles. The second-order valence-corrected chi connectivity index (χ2v) is 4.54. The summed E-state index contributed by atoms with van der Waals surface area (Å²) in [5.41, 5.74) is 0. The van der Waals surface area contributed by atoms with E-state index in [-0.39, 0.29) is 9.70 Å². The van der Waals surface area contributed by atoms with Gasteiger partial charge in [0.2, 0.25) is 9.70 Å². The van der Waals surface area contributed by atoms with Crippen molar-refractivity contribution in [2.45, 2.75) is 38.1 Å². The van der Waals surface area contributed by atoms with E-state index in [9.17, 15) is 9.59 Å². The number of hydrogen-bond acceptors (Lipinski definition) is 2. The summed E-state index contributed by atoms with van der Waals surface area (Å²) in [7, 11) is 0. The minimum absolute atomic E-state index is 0.124. The highest BCUT2D eigenvalue weighted by Crippen LogP contribution is 2.17. The summed E-state index contributed by atoms with van der Waals surface area (Å²) in [5.74, 6) is -0.151. The number of halogens is 1. The number of carbonyl (C=O) groups excluding carboxylic acids is 2. The number of nitrogens with one attached hydrogen (secondary N) is 1. The first-order chi connectivity index (χ1) is 6.68. The topological polar surface area (TPSA) is 46.2 Å². The summed E-state index contributed by atoms with van der Waals surface area (Å²) in [4.78, 5) is 21.8. The van der Waals surface area contributed by atoms with E-state index in [1.807, 2.05) is 0 Å². The smallest absolute Gasteiger partial charge is 0.244 e. The van der Waals surface area contributed by atoms with Gasteiger partial charge in [-0.2, -0.15) is 0 Å². The minimum atomic E-state index is -0.151. The van der Waals surface area contributed by atoms with Gasteiger partial charge in [-0.3, -0.25) is 9.59 Å². The molecule has 0 aromatic rings. The van der Waals surface area contributed by atoms with Crippen LogP contribution < -0.4 is 5.32 Å². The van der Waals surface area contributed by atoms with E-state index in [4.69, 9.17) is 0 Å². The maximum absolute atomic E-state index is 11.3. The Bertz CT molecular complexity index is 245. The molecule has 1 N–H and O–H groups in total. The van der Waals surface area contributed by atoms with Crippen LogP contribution in [0.15, 0.2) is 12.2 Å². The van der Waals surface area contributed by atoms with Crippen molar-refractivity contribution < 1.29 is 9.59 Å². The van der Waals surface area contributed by atoms with E-state index in [0.29, 0.717) is 6.04 Å². The van der Waals surface area contributed by atoms with Crippen molar-refractivity contribution >= 4 is 32.3 Å². The van der Waals surface area contributed by atoms with Crippen LogP contribution >= 0.6 is 22.6 Å². The lowest BCUT2D eigenvalue weighted by atomic mass is 9.95. The summed E-state index contributed by atoms with van der Waals surface area (Å²) in [5, 5.41) is 2.89. The molecule has 1 saturated carbocycles. The predicted octanol–water partition coefficient (Wildman–Crippen LogP) is 1.95. The number of carbonyl (C=O) groups is 2. The molecule has 1 amide bonds. The Kier molecular flexibility index (Phi) is 5.14. The minimum Gasteiger partial charge on any atom is -0.350 e. The molecule has 0 atom stereocenters. The van der Waals surface area contributed by atoms with Crippen molar-refractivity contribution in [3.05, 3.63) is 12.2 Å².